The average molecular weight is 258 g/mol. The van der Waals surface area contributed by atoms with Gasteiger partial charge in [0.15, 0.2) is 0 Å². The standard InChI is InChI=1S/C16H22N2O/c1-6-7-8-17-14-9-12(4)13(5)10-15(14)18(11(2)3)16(17)19/h9-10H,2,6-8H2,1,3-5H3. The molecule has 0 aliphatic heterocycles. The van der Waals surface area contributed by atoms with Crippen molar-refractivity contribution in [1.29, 1.82) is 0 Å². The molecular weight excluding hydrogens is 236 g/mol. The van der Waals surface area contributed by atoms with E-state index in [0.29, 0.717) is 0 Å². The summed E-state index contributed by atoms with van der Waals surface area (Å²) in [5, 5.41) is 0. The topological polar surface area (TPSA) is 26.9 Å². The lowest BCUT2D eigenvalue weighted by Crippen LogP contribution is -2.23. The lowest BCUT2D eigenvalue weighted by molar-refractivity contribution is 0.623. The quantitative estimate of drug-likeness (QED) is 0.821. The minimum absolute atomic E-state index is 0.0287. The van der Waals surface area contributed by atoms with Gasteiger partial charge in [0.2, 0.25) is 0 Å². The van der Waals surface area contributed by atoms with Gasteiger partial charge in [-0.2, -0.15) is 0 Å². The first-order chi connectivity index (χ1) is 8.97. The molecule has 0 atom stereocenters. The summed E-state index contributed by atoms with van der Waals surface area (Å²) in [5.74, 6) is 0. The zero-order valence-corrected chi connectivity index (χ0v) is 12.3. The number of hydrogen-bond donors (Lipinski definition) is 0. The Morgan fingerprint density at radius 2 is 1.79 bits per heavy atom. The Hall–Kier alpha value is -1.77. The van der Waals surface area contributed by atoms with Gasteiger partial charge in [0.05, 0.1) is 11.0 Å². The first-order valence-corrected chi connectivity index (χ1v) is 6.85. The van der Waals surface area contributed by atoms with E-state index in [-0.39, 0.29) is 5.69 Å². The van der Waals surface area contributed by atoms with E-state index in [1.54, 1.807) is 4.57 Å². The molecule has 0 aliphatic rings. The van der Waals surface area contributed by atoms with Crippen molar-refractivity contribution in [3.8, 4) is 0 Å². The average Bonchev–Trinajstić information content (AvgIpc) is 2.59. The van der Waals surface area contributed by atoms with Crippen LogP contribution >= 0.6 is 0 Å². The number of imidazole rings is 1. The summed E-state index contributed by atoms with van der Waals surface area (Å²) < 4.78 is 3.59. The van der Waals surface area contributed by atoms with Gasteiger partial charge in [0, 0.05) is 12.2 Å². The highest BCUT2D eigenvalue weighted by Gasteiger charge is 2.14. The third-order valence-electron chi connectivity index (χ3n) is 3.66. The van der Waals surface area contributed by atoms with Gasteiger partial charge < -0.3 is 0 Å². The van der Waals surface area contributed by atoms with E-state index in [1.807, 2.05) is 11.5 Å². The fourth-order valence-corrected chi connectivity index (χ4v) is 2.41. The minimum Gasteiger partial charge on any atom is -0.292 e. The molecule has 0 saturated carbocycles. The fourth-order valence-electron chi connectivity index (χ4n) is 2.41. The second-order valence-electron chi connectivity index (χ2n) is 5.28. The summed E-state index contributed by atoms with van der Waals surface area (Å²) in [7, 11) is 0. The number of nitrogens with zero attached hydrogens (tertiary/aromatic N) is 2. The molecule has 3 heteroatoms. The van der Waals surface area contributed by atoms with E-state index in [1.165, 1.54) is 11.1 Å². The SMILES string of the molecule is C=C(C)n1c(=O)n(CCCC)c2cc(C)c(C)cc21. The number of hydrogen-bond acceptors (Lipinski definition) is 1. The Morgan fingerprint density at radius 1 is 1.21 bits per heavy atom. The fraction of sp³-hybridized carbons (Fsp3) is 0.438. The lowest BCUT2D eigenvalue weighted by atomic mass is 10.1. The van der Waals surface area contributed by atoms with Crippen molar-refractivity contribution in [2.24, 2.45) is 0 Å². The monoisotopic (exact) mass is 258 g/mol. The van der Waals surface area contributed by atoms with Gasteiger partial charge in [0.25, 0.3) is 0 Å². The molecule has 0 N–H and O–H groups in total. The number of fused-ring (bicyclic) bond motifs is 1. The van der Waals surface area contributed by atoms with E-state index in [4.69, 9.17) is 0 Å². The van der Waals surface area contributed by atoms with E-state index in [9.17, 15) is 4.79 Å². The van der Waals surface area contributed by atoms with Crippen LogP contribution in [-0.2, 0) is 6.54 Å². The molecule has 0 amide bonds. The van der Waals surface area contributed by atoms with Crippen molar-refractivity contribution < 1.29 is 0 Å². The highest BCUT2D eigenvalue weighted by atomic mass is 16.1. The summed E-state index contributed by atoms with van der Waals surface area (Å²) in [4.78, 5) is 12.5. The second kappa shape index (κ2) is 5.08. The molecule has 102 valence electrons. The van der Waals surface area contributed by atoms with Crippen LogP contribution in [0.25, 0.3) is 16.7 Å². The van der Waals surface area contributed by atoms with Gasteiger partial charge in [-0.15, -0.1) is 0 Å². The van der Waals surface area contributed by atoms with Gasteiger partial charge in [-0.1, -0.05) is 19.9 Å². The van der Waals surface area contributed by atoms with E-state index < -0.39 is 0 Å². The summed E-state index contributed by atoms with van der Waals surface area (Å²) >= 11 is 0. The van der Waals surface area contributed by atoms with Gasteiger partial charge in [0.1, 0.15) is 0 Å². The van der Waals surface area contributed by atoms with Crippen LogP contribution in [0, 0.1) is 13.8 Å². The maximum Gasteiger partial charge on any atom is 0.333 e. The Bertz CT molecular complexity index is 689. The molecule has 2 rings (SSSR count). The molecular formula is C16H22N2O. The zero-order valence-electron chi connectivity index (χ0n) is 12.3. The smallest absolute Gasteiger partial charge is 0.292 e. The van der Waals surface area contributed by atoms with Crippen LogP contribution in [0.5, 0.6) is 0 Å². The first-order valence-electron chi connectivity index (χ1n) is 6.85. The molecule has 0 radical (unpaired) electrons. The van der Waals surface area contributed by atoms with Crippen molar-refractivity contribution in [1.82, 2.24) is 9.13 Å². The predicted molar refractivity (Wildman–Crippen MR) is 81.6 cm³/mol. The number of allylic oxidation sites excluding steroid dienone is 1. The Morgan fingerprint density at radius 3 is 2.32 bits per heavy atom. The Kier molecular flexibility index (Phi) is 3.65. The molecule has 0 aliphatic carbocycles. The first kappa shape index (κ1) is 13.7. The number of benzene rings is 1. The number of rotatable bonds is 4. The summed E-state index contributed by atoms with van der Waals surface area (Å²) in [6.45, 7) is 12.9. The van der Waals surface area contributed by atoms with Crippen LogP contribution in [0.1, 0.15) is 37.8 Å². The Labute approximate surface area is 114 Å². The third-order valence-corrected chi connectivity index (χ3v) is 3.66. The Balaban J connectivity index is 2.80. The number of aryl methyl sites for hydroxylation is 3. The van der Waals surface area contributed by atoms with Crippen LogP contribution in [0.3, 0.4) is 0 Å². The molecule has 0 spiro atoms. The highest BCUT2D eigenvalue weighted by molar-refractivity contribution is 5.81. The normalized spacial score (nSPS) is 11.2. The summed E-state index contributed by atoms with van der Waals surface area (Å²) in [5.41, 5.74) is 5.21. The molecule has 0 fully saturated rings. The lowest BCUT2D eigenvalue weighted by Gasteiger charge is -2.04. The van der Waals surface area contributed by atoms with E-state index in [2.05, 4.69) is 39.5 Å². The van der Waals surface area contributed by atoms with Crippen LogP contribution in [-0.4, -0.2) is 9.13 Å². The molecule has 1 aromatic heterocycles. The number of unbranched alkanes of at least 4 members (excludes halogenated alkanes) is 1. The van der Waals surface area contributed by atoms with E-state index >= 15 is 0 Å². The third kappa shape index (κ3) is 2.25. The maximum atomic E-state index is 12.5. The summed E-state index contributed by atoms with van der Waals surface area (Å²) in [6, 6.07) is 4.20. The van der Waals surface area contributed by atoms with Gasteiger partial charge in [-0.25, -0.2) is 4.79 Å². The molecule has 2 aromatic rings. The van der Waals surface area contributed by atoms with Crippen molar-refractivity contribution in [2.45, 2.75) is 47.1 Å². The maximum absolute atomic E-state index is 12.5. The van der Waals surface area contributed by atoms with Gasteiger partial charge in [-0.05, 0) is 50.5 Å². The molecule has 1 aromatic carbocycles. The predicted octanol–water partition coefficient (Wildman–Crippen LogP) is 3.71. The van der Waals surface area contributed by atoms with E-state index in [0.717, 1.165) is 36.1 Å². The van der Waals surface area contributed by atoms with Crippen molar-refractivity contribution >= 4 is 16.7 Å². The van der Waals surface area contributed by atoms with Crippen molar-refractivity contribution in [2.75, 3.05) is 0 Å². The largest absolute Gasteiger partial charge is 0.333 e. The van der Waals surface area contributed by atoms with Crippen LogP contribution in [0.2, 0.25) is 0 Å². The molecule has 0 saturated heterocycles. The highest BCUT2D eigenvalue weighted by Crippen LogP contribution is 2.21. The second-order valence-corrected chi connectivity index (χ2v) is 5.28. The minimum atomic E-state index is 0.0287. The van der Waals surface area contributed by atoms with Crippen LogP contribution in [0.15, 0.2) is 23.5 Å². The molecule has 0 unspecified atom stereocenters. The molecule has 1 heterocycles. The van der Waals surface area contributed by atoms with Gasteiger partial charge >= 0.3 is 5.69 Å². The zero-order chi connectivity index (χ0) is 14.2. The van der Waals surface area contributed by atoms with Gasteiger partial charge in [-0.3, -0.25) is 9.13 Å². The van der Waals surface area contributed by atoms with Crippen LogP contribution in [0.4, 0.5) is 0 Å². The van der Waals surface area contributed by atoms with Crippen molar-refractivity contribution in [3.63, 3.8) is 0 Å². The van der Waals surface area contributed by atoms with Crippen molar-refractivity contribution in [3.05, 3.63) is 40.3 Å². The molecule has 3 nitrogen and oxygen atoms in total. The molecule has 19 heavy (non-hydrogen) atoms. The number of aromatic nitrogens is 2. The molecule has 0 bridgehead atoms. The van der Waals surface area contributed by atoms with Crippen LogP contribution < -0.4 is 5.69 Å². The summed E-state index contributed by atoms with van der Waals surface area (Å²) in [6.07, 6.45) is 2.10.